The van der Waals surface area contributed by atoms with Crippen molar-refractivity contribution in [2.75, 3.05) is 18.5 Å². The van der Waals surface area contributed by atoms with E-state index in [1.54, 1.807) is 18.2 Å². The predicted octanol–water partition coefficient (Wildman–Crippen LogP) is 1.83. The van der Waals surface area contributed by atoms with Gasteiger partial charge >= 0.3 is 5.97 Å². The summed E-state index contributed by atoms with van der Waals surface area (Å²) in [5.74, 6) is 0.114. The van der Waals surface area contributed by atoms with Crippen molar-refractivity contribution in [3.8, 4) is 5.75 Å². The number of ether oxygens (including phenoxy) is 1. The monoisotopic (exact) mass is 207 g/mol. The van der Waals surface area contributed by atoms with E-state index in [2.05, 4.69) is 12.2 Å². The number of hydrogen-bond donors (Lipinski definition) is 2. The van der Waals surface area contributed by atoms with Gasteiger partial charge in [-0.2, -0.15) is 0 Å². The van der Waals surface area contributed by atoms with E-state index in [0.29, 0.717) is 18.3 Å². The molecule has 4 heteroatoms. The Kier molecular flexibility index (Phi) is 2.49. The Bertz CT molecular complexity index is 389. The molecule has 4 nitrogen and oxygen atoms in total. The first-order chi connectivity index (χ1) is 7.16. The van der Waals surface area contributed by atoms with Gasteiger partial charge in [0.2, 0.25) is 0 Å². The highest BCUT2D eigenvalue weighted by atomic mass is 16.5. The van der Waals surface area contributed by atoms with Crippen molar-refractivity contribution < 1.29 is 14.6 Å². The molecule has 1 aromatic carbocycles. The minimum Gasteiger partial charge on any atom is -0.491 e. The Labute approximate surface area is 87.9 Å². The number of aromatic carboxylic acids is 1. The fourth-order valence-corrected chi connectivity index (χ4v) is 1.50. The molecule has 1 atom stereocenters. The van der Waals surface area contributed by atoms with Crippen molar-refractivity contribution >= 4 is 11.7 Å². The Morgan fingerprint density at radius 1 is 1.60 bits per heavy atom. The number of carboxylic acids is 1. The lowest BCUT2D eigenvalue weighted by Crippen LogP contribution is -2.13. The summed E-state index contributed by atoms with van der Waals surface area (Å²) in [7, 11) is 0. The van der Waals surface area contributed by atoms with Gasteiger partial charge in [-0.3, -0.25) is 0 Å². The summed E-state index contributed by atoms with van der Waals surface area (Å²) in [6, 6.07) is 4.88. The third kappa shape index (κ3) is 2.03. The third-order valence-corrected chi connectivity index (χ3v) is 2.39. The first-order valence-electron chi connectivity index (χ1n) is 4.91. The second kappa shape index (κ2) is 3.81. The van der Waals surface area contributed by atoms with Crippen LogP contribution in [0.25, 0.3) is 0 Å². The fourth-order valence-electron chi connectivity index (χ4n) is 1.50. The average Bonchev–Trinajstić information content (AvgIpc) is 2.40. The number of nitrogens with one attached hydrogen (secondary N) is 1. The van der Waals surface area contributed by atoms with Gasteiger partial charge in [0.15, 0.2) is 0 Å². The largest absolute Gasteiger partial charge is 0.491 e. The summed E-state index contributed by atoms with van der Waals surface area (Å²) >= 11 is 0. The zero-order valence-corrected chi connectivity index (χ0v) is 8.49. The van der Waals surface area contributed by atoms with Crippen LogP contribution < -0.4 is 10.1 Å². The van der Waals surface area contributed by atoms with Gasteiger partial charge in [0.05, 0.1) is 17.9 Å². The molecule has 15 heavy (non-hydrogen) atoms. The molecule has 2 N–H and O–H groups in total. The molecule has 0 radical (unpaired) electrons. The summed E-state index contributed by atoms with van der Waals surface area (Å²) in [6.45, 7) is 3.54. The van der Waals surface area contributed by atoms with Crippen LogP contribution in [-0.4, -0.2) is 24.2 Å². The van der Waals surface area contributed by atoms with E-state index in [4.69, 9.17) is 9.84 Å². The zero-order valence-electron chi connectivity index (χ0n) is 8.49. The molecule has 1 aromatic rings. The summed E-state index contributed by atoms with van der Waals surface area (Å²) in [6.07, 6.45) is 0. The lowest BCUT2D eigenvalue weighted by atomic mass is 10.2. The van der Waals surface area contributed by atoms with Gasteiger partial charge in [0.25, 0.3) is 0 Å². The van der Waals surface area contributed by atoms with Gasteiger partial charge < -0.3 is 15.2 Å². The van der Waals surface area contributed by atoms with Gasteiger partial charge in [0.1, 0.15) is 5.75 Å². The highest BCUT2D eigenvalue weighted by Gasteiger charge is 2.14. The molecule has 1 heterocycles. The number of hydrogen-bond acceptors (Lipinski definition) is 3. The Morgan fingerprint density at radius 2 is 2.40 bits per heavy atom. The molecule has 1 aliphatic heterocycles. The highest BCUT2D eigenvalue weighted by molar-refractivity contribution is 5.89. The molecular weight excluding hydrogens is 194 g/mol. The lowest BCUT2D eigenvalue weighted by molar-refractivity contribution is 0.0696. The van der Waals surface area contributed by atoms with Crippen LogP contribution in [0.15, 0.2) is 18.2 Å². The third-order valence-electron chi connectivity index (χ3n) is 2.39. The van der Waals surface area contributed by atoms with Gasteiger partial charge in [-0.05, 0) is 18.2 Å². The molecule has 0 saturated heterocycles. The topological polar surface area (TPSA) is 58.6 Å². The van der Waals surface area contributed by atoms with Crippen LogP contribution in [0, 0.1) is 5.92 Å². The van der Waals surface area contributed by atoms with E-state index >= 15 is 0 Å². The van der Waals surface area contributed by atoms with Crippen molar-refractivity contribution in [3.63, 3.8) is 0 Å². The van der Waals surface area contributed by atoms with Crippen molar-refractivity contribution in [3.05, 3.63) is 23.8 Å². The number of benzene rings is 1. The van der Waals surface area contributed by atoms with Crippen LogP contribution >= 0.6 is 0 Å². The Hall–Kier alpha value is -1.71. The summed E-state index contributed by atoms with van der Waals surface area (Å²) < 4.78 is 5.53. The molecule has 2 rings (SSSR count). The van der Waals surface area contributed by atoms with Gasteiger partial charge in [-0.1, -0.05) is 6.92 Å². The molecule has 0 aromatic heterocycles. The number of fused-ring (bicyclic) bond motifs is 1. The normalized spacial score (nSPS) is 19.4. The number of rotatable bonds is 1. The highest BCUT2D eigenvalue weighted by Crippen LogP contribution is 2.28. The van der Waals surface area contributed by atoms with Crippen LogP contribution in [0.1, 0.15) is 17.3 Å². The molecule has 0 amide bonds. The van der Waals surface area contributed by atoms with E-state index < -0.39 is 5.97 Å². The van der Waals surface area contributed by atoms with E-state index in [1.807, 2.05) is 0 Å². The Morgan fingerprint density at radius 3 is 3.13 bits per heavy atom. The van der Waals surface area contributed by atoms with E-state index in [9.17, 15) is 4.79 Å². The maximum absolute atomic E-state index is 10.8. The SMILES string of the molecule is CC1CNc2ccc(C(=O)O)cc2OC1. The fraction of sp³-hybridized carbons (Fsp3) is 0.364. The molecule has 0 fully saturated rings. The van der Waals surface area contributed by atoms with Crippen LogP contribution in [0.2, 0.25) is 0 Å². The van der Waals surface area contributed by atoms with Crippen molar-refractivity contribution in [1.82, 2.24) is 0 Å². The molecule has 0 bridgehead atoms. The van der Waals surface area contributed by atoms with E-state index in [-0.39, 0.29) is 5.56 Å². The van der Waals surface area contributed by atoms with E-state index in [0.717, 1.165) is 12.2 Å². The molecule has 0 saturated carbocycles. The van der Waals surface area contributed by atoms with Crippen molar-refractivity contribution in [1.29, 1.82) is 0 Å². The maximum Gasteiger partial charge on any atom is 0.335 e. The summed E-state index contributed by atoms with van der Waals surface area (Å²) in [5.41, 5.74) is 1.12. The lowest BCUT2D eigenvalue weighted by Gasteiger charge is -2.07. The first-order valence-corrected chi connectivity index (χ1v) is 4.91. The minimum absolute atomic E-state index is 0.255. The average molecular weight is 207 g/mol. The molecule has 0 spiro atoms. The second-order valence-electron chi connectivity index (χ2n) is 3.81. The van der Waals surface area contributed by atoms with Crippen LogP contribution in [0.3, 0.4) is 0 Å². The maximum atomic E-state index is 10.8. The summed E-state index contributed by atoms with van der Waals surface area (Å²) in [5, 5.41) is 12.1. The van der Waals surface area contributed by atoms with Crippen LogP contribution in [0.4, 0.5) is 5.69 Å². The number of carboxylic acid groups (broad SMARTS) is 1. The number of anilines is 1. The van der Waals surface area contributed by atoms with Crippen molar-refractivity contribution in [2.24, 2.45) is 5.92 Å². The quantitative estimate of drug-likeness (QED) is 0.737. The number of carbonyl (C=O) groups is 1. The van der Waals surface area contributed by atoms with Gasteiger partial charge in [-0.15, -0.1) is 0 Å². The molecule has 0 aliphatic carbocycles. The second-order valence-corrected chi connectivity index (χ2v) is 3.81. The molecular formula is C11H13NO3. The summed E-state index contributed by atoms with van der Waals surface area (Å²) in [4.78, 5) is 10.8. The van der Waals surface area contributed by atoms with Gasteiger partial charge in [0, 0.05) is 12.5 Å². The van der Waals surface area contributed by atoms with Crippen molar-refractivity contribution in [2.45, 2.75) is 6.92 Å². The van der Waals surface area contributed by atoms with Gasteiger partial charge in [-0.25, -0.2) is 4.79 Å². The first kappa shape index (κ1) is 9.83. The van der Waals surface area contributed by atoms with Crippen LogP contribution in [0.5, 0.6) is 5.75 Å². The predicted molar refractivity (Wildman–Crippen MR) is 56.6 cm³/mol. The smallest absolute Gasteiger partial charge is 0.335 e. The van der Waals surface area contributed by atoms with Crippen LogP contribution in [-0.2, 0) is 0 Å². The molecule has 1 unspecified atom stereocenters. The van der Waals surface area contributed by atoms with E-state index in [1.165, 1.54) is 0 Å². The Balaban J connectivity index is 2.32. The standard InChI is InChI=1S/C11H13NO3/c1-7-5-12-9-3-2-8(11(13)14)4-10(9)15-6-7/h2-4,7,12H,5-6H2,1H3,(H,13,14). The molecule has 1 aliphatic rings. The zero-order chi connectivity index (χ0) is 10.8. The molecule has 80 valence electrons. The minimum atomic E-state index is -0.932.